The number of esters is 1. The smallest absolute Gasteiger partial charge is 0.306 e. The van der Waals surface area contributed by atoms with Gasteiger partial charge in [0.15, 0.2) is 12.4 Å². The summed E-state index contributed by atoms with van der Waals surface area (Å²) in [4.78, 5) is 23.6. The molecule has 8 atom stereocenters. The molecular weight excluding hydrogens is 632 g/mol. The van der Waals surface area contributed by atoms with Gasteiger partial charge in [-0.1, -0.05) is 91.0 Å². The van der Waals surface area contributed by atoms with Crippen LogP contribution in [0.3, 0.4) is 0 Å². The van der Waals surface area contributed by atoms with E-state index in [1.54, 1.807) is 12.3 Å². The Morgan fingerprint density at radius 1 is 0.694 bits per heavy atom. The molecule has 2 aliphatic heterocycles. The minimum absolute atomic E-state index is 0.0317. The fraction of sp³-hybridized carbons (Fsp3) is 0.421. The average Bonchev–Trinajstić information content (AvgIpc) is 3.12. The van der Waals surface area contributed by atoms with E-state index in [0.717, 1.165) is 16.7 Å². The van der Waals surface area contributed by atoms with Crippen molar-refractivity contribution >= 4 is 11.8 Å². The first-order chi connectivity index (χ1) is 23.9. The van der Waals surface area contributed by atoms with E-state index >= 15 is 0 Å². The van der Waals surface area contributed by atoms with E-state index in [4.69, 9.17) is 33.2 Å². The van der Waals surface area contributed by atoms with E-state index in [0.29, 0.717) is 6.61 Å². The van der Waals surface area contributed by atoms with Crippen LogP contribution < -0.4 is 0 Å². The van der Waals surface area contributed by atoms with Gasteiger partial charge in [-0.05, 0) is 29.7 Å². The van der Waals surface area contributed by atoms with Gasteiger partial charge in [-0.3, -0.25) is 4.79 Å². The van der Waals surface area contributed by atoms with E-state index in [-0.39, 0.29) is 45.1 Å². The molecule has 1 fully saturated rings. The number of ether oxygens (including phenoxy) is 7. The van der Waals surface area contributed by atoms with Crippen LogP contribution in [0, 0.1) is 0 Å². The summed E-state index contributed by atoms with van der Waals surface area (Å²) >= 11 is 0. The third kappa shape index (κ3) is 11.0. The van der Waals surface area contributed by atoms with Gasteiger partial charge >= 0.3 is 5.97 Å². The lowest BCUT2D eigenvalue weighted by Gasteiger charge is -2.45. The van der Waals surface area contributed by atoms with Crippen LogP contribution in [0.4, 0.5) is 0 Å². The SMILES string of the molecule is CC(=O)CCC(=O)OC[C@H]1O[C@@H](O[C@H]2[C@H](OCc3ccccc3)C=CO[C@@H]2COCc2ccccc2)[C@H](OCc2ccccc2)[C@@H](O)[C@H]1O. The summed E-state index contributed by atoms with van der Waals surface area (Å²) in [5.74, 6) is -0.778. The third-order valence-corrected chi connectivity index (χ3v) is 8.20. The van der Waals surface area contributed by atoms with Gasteiger partial charge in [0.2, 0.25) is 0 Å². The fourth-order valence-electron chi connectivity index (χ4n) is 5.48. The molecule has 0 aliphatic carbocycles. The standard InChI is InChI=1S/C38H44O11/c1-26(39)17-18-33(40)46-25-31-34(41)35(42)37(47-23-29-15-9-4-10-16-29)38(48-31)49-36-30(45-22-28-13-7-3-8-14-28)19-20-44-32(36)24-43-21-27-11-5-2-6-12-27/h2-16,19-20,30-32,34-38,41-42H,17-18,21-25H2,1H3/t30-,31-,32-,34+,35+,36+,37-,38+/m1/s1. The summed E-state index contributed by atoms with van der Waals surface area (Å²) in [5.41, 5.74) is 2.79. The molecule has 5 rings (SSSR count). The van der Waals surface area contributed by atoms with Crippen LogP contribution >= 0.6 is 0 Å². The van der Waals surface area contributed by atoms with Gasteiger partial charge in [0.05, 0.1) is 39.1 Å². The number of aliphatic hydroxyl groups excluding tert-OH is 2. The number of carbonyl (C=O) groups is 2. The minimum Gasteiger partial charge on any atom is -0.493 e. The molecule has 0 bridgehead atoms. The largest absolute Gasteiger partial charge is 0.493 e. The fourth-order valence-corrected chi connectivity index (χ4v) is 5.48. The van der Waals surface area contributed by atoms with Crippen molar-refractivity contribution in [2.75, 3.05) is 13.2 Å². The molecule has 2 heterocycles. The zero-order valence-electron chi connectivity index (χ0n) is 27.5. The first-order valence-corrected chi connectivity index (χ1v) is 16.4. The number of Topliss-reactive ketones (excluding diaryl/α,β-unsaturated/α-hetero) is 1. The van der Waals surface area contributed by atoms with E-state index in [9.17, 15) is 19.8 Å². The molecule has 0 saturated carbocycles. The minimum atomic E-state index is -1.47. The maximum absolute atomic E-state index is 12.3. The first-order valence-electron chi connectivity index (χ1n) is 16.4. The van der Waals surface area contributed by atoms with E-state index < -0.39 is 55.0 Å². The Labute approximate surface area is 286 Å². The van der Waals surface area contributed by atoms with Gasteiger partial charge in [0.25, 0.3) is 0 Å². The molecule has 2 N–H and O–H groups in total. The molecule has 0 unspecified atom stereocenters. The van der Waals surface area contributed by atoms with Gasteiger partial charge in [-0.15, -0.1) is 0 Å². The molecule has 1 saturated heterocycles. The Morgan fingerprint density at radius 2 is 1.29 bits per heavy atom. The predicted octanol–water partition coefficient (Wildman–Crippen LogP) is 4.03. The average molecular weight is 677 g/mol. The van der Waals surface area contributed by atoms with Crippen molar-refractivity contribution in [2.24, 2.45) is 0 Å². The zero-order chi connectivity index (χ0) is 34.4. The lowest BCUT2D eigenvalue weighted by atomic mass is 9.98. The second-order valence-electron chi connectivity index (χ2n) is 12.0. The Balaban J connectivity index is 1.35. The Hall–Kier alpha value is -3.94. The van der Waals surface area contributed by atoms with Crippen LogP contribution in [0.15, 0.2) is 103 Å². The summed E-state index contributed by atoms with van der Waals surface area (Å²) in [7, 11) is 0. The van der Waals surface area contributed by atoms with E-state index in [1.807, 2.05) is 91.0 Å². The molecule has 0 radical (unpaired) electrons. The van der Waals surface area contributed by atoms with Crippen molar-refractivity contribution < 1.29 is 53.0 Å². The van der Waals surface area contributed by atoms with Crippen molar-refractivity contribution in [3.63, 3.8) is 0 Å². The van der Waals surface area contributed by atoms with Crippen molar-refractivity contribution in [3.05, 3.63) is 120 Å². The van der Waals surface area contributed by atoms with E-state index in [2.05, 4.69) is 0 Å². The van der Waals surface area contributed by atoms with Gasteiger partial charge in [0.1, 0.15) is 49.0 Å². The van der Waals surface area contributed by atoms with Gasteiger partial charge in [0, 0.05) is 6.42 Å². The van der Waals surface area contributed by atoms with Crippen molar-refractivity contribution in [2.45, 2.75) is 88.6 Å². The van der Waals surface area contributed by atoms with Crippen LogP contribution in [-0.4, -0.2) is 84.2 Å². The number of ketones is 1. The second kappa shape index (κ2) is 18.7. The van der Waals surface area contributed by atoms with Crippen LogP contribution in [0.25, 0.3) is 0 Å². The van der Waals surface area contributed by atoms with Crippen molar-refractivity contribution in [1.29, 1.82) is 0 Å². The van der Waals surface area contributed by atoms with Crippen LogP contribution in [0.2, 0.25) is 0 Å². The van der Waals surface area contributed by atoms with Crippen LogP contribution in [-0.2, 0) is 62.6 Å². The molecule has 49 heavy (non-hydrogen) atoms. The number of hydrogen-bond acceptors (Lipinski definition) is 11. The summed E-state index contributed by atoms with van der Waals surface area (Å²) in [5, 5.41) is 22.4. The highest BCUT2D eigenvalue weighted by Gasteiger charge is 2.49. The molecule has 0 amide bonds. The molecule has 11 heteroatoms. The first kappa shape index (κ1) is 36.3. The van der Waals surface area contributed by atoms with Crippen LogP contribution in [0.5, 0.6) is 0 Å². The Morgan fingerprint density at radius 3 is 1.90 bits per heavy atom. The molecule has 262 valence electrons. The number of carbonyl (C=O) groups excluding carboxylic acids is 2. The number of benzene rings is 3. The molecule has 2 aliphatic rings. The summed E-state index contributed by atoms with van der Waals surface area (Å²) in [6, 6.07) is 28.8. The summed E-state index contributed by atoms with van der Waals surface area (Å²) < 4.78 is 42.6. The lowest BCUT2D eigenvalue weighted by Crippen LogP contribution is -2.62. The molecule has 0 spiro atoms. The quantitative estimate of drug-likeness (QED) is 0.201. The molecule has 0 aromatic heterocycles. The van der Waals surface area contributed by atoms with Crippen molar-refractivity contribution in [3.8, 4) is 0 Å². The maximum Gasteiger partial charge on any atom is 0.306 e. The highest BCUT2D eigenvalue weighted by molar-refractivity contribution is 5.80. The topological polar surface area (TPSA) is 139 Å². The number of aliphatic hydroxyl groups is 2. The van der Waals surface area contributed by atoms with Gasteiger partial charge in [-0.25, -0.2) is 0 Å². The highest BCUT2D eigenvalue weighted by Crippen LogP contribution is 2.30. The van der Waals surface area contributed by atoms with Crippen LogP contribution in [0.1, 0.15) is 36.5 Å². The monoisotopic (exact) mass is 676 g/mol. The number of hydrogen-bond donors (Lipinski definition) is 2. The second-order valence-corrected chi connectivity index (χ2v) is 12.0. The normalized spacial score (nSPS) is 26.5. The molecule has 3 aromatic carbocycles. The summed E-state index contributed by atoms with van der Waals surface area (Å²) in [6.07, 6.45) is -5.36. The Bertz CT molecular complexity index is 1450. The zero-order valence-corrected chi connectivity index (χ0v) is 27.5. The van der Waals surface area contributed by atoms with E-state index in [1.165, 1.54) is 6.92 Å². The molecular formula is C38H44O11. The van der Waals surface area contributed by atoms with Crippen molar-refractivity contribution in [1.82, 2.24) is 0 Å². The molecule has 11 nitrogen and oxygen atoms in total. The highest BCUT2D eigenvalue weighted by atomic mass is 16.7. The lowest BCUT2D eigenvalue weighted by molar-refractivity contribution is -0.335. The predicted molar refractivity (Wildman–Crippen MR) is 177 cm³/mol. The van der Waals surface area contributed by atoms with Gasteiger partial charge < -0.3 is 48.2 Å². The maximum atomic E-state index is 12.3. The third-order valence-electron chi connectivity index (χ3n) is 8.20. The molecule has 3 aromatic rings. The Kier molecular flexibility index (Phi) is 13.9. The van der Waals surface area contributed by atoms with Gasteiger partial charge in [-0.2, -0.15) is 0 Å². The summed E-state index contributed by atoms with van der Waals surface area (Å²) in [6.45, 7) is 1.88. The number of rotatable bonds is 17.